The minimum absolute atomic E-state index is 0.0678. The Morgan fingerprint density at radius 1 is 1.46 bits per heavy atom. The summed E-state index contributed by atoms with van der Waals surface area (Å²) in [6.07, 6.45) is 1.88. The first-order valence-corrected chi connectivity index (χ1v) is 9.07. The lowest BCUT2D eigenvalue weighted by molar-refractivity contribution is 0.241. The van der Waals surface area contributed by atoms with Crippen LogP contribution in [-0.4, -0.2) is 28.5 Å². The van der Waals surface area contributed by atoms with E-state index in [-0.39, 0.29) is 12.6 Å². The standard InChI is InChI=1S/C15H19ClN4O3S/c1-9(2)22-14-10(16)5-4-6-11(14)18-15(21)17-7-13-19-12(8-24-3)20-23-13/h4-6,9H,7-8H2,1-3H3,(H2,17,18,21). The number of benzene rings is 1. The molecule has 24 heavy (non-hydrogen) atoms. The molecule has 0 aliphatic carbocycles. The zero-order valence-corrected chi connectivity index (χ0v) is 15.2. The Kier molecular flexibility index (Phi) is 6.74. The van der Waals surface area contributed by atoms with Crippen LogP contribution in [0.5, 0.6) is 5.75 Å². The fourth-order valence-corrected chi connectivity index (χ4v) is 2.43. The van der Waals surface area contributed by atoms with Crippen LogP contribution >= 0.6 is 23.4 Å². The number of para-hydroxylation sites is 1. The van der Waals surface area contributed by atoms with Gasteiger partial charge in [0.05, 0.1) is 29.1 Å². The van der Waals surface area contributed by atoms with Crippen LogP contribution < -0.4 is 15.4 Å². The minimum atomic E-state index is -0.421. The number of thioether (sulfide) groups is 1. The van der Waals surface area contributed by atoms with Crippen molar-refractivity contribution in [2.24, 2.45) is 0 Å². The van der Waals surface area contributed by atoms with E-state index in [1.165, 1.54) is 0 Å². The van der Waals surface area contributed by atoms with Crippen molar-refractivity contribution in [2.45, 2.75) is 32.2 Å². The summed E-state index contributed by atoms with van der Waals surface area (Å²) in [5, 5.41) is 9.60. The van der Waals surface area contributed by atoms with Crippen LogP contribution in [-0.2, 0) is 12.3 Å². The summed E-state index contributed by atoms with van der Waals surface area (Å²) in [5.41, 5.74) is 0.488. The van der Waals surface area contributed by atoms with E-state index in [0.29, 0.717) is 33.9 Å². The normalized spacial score (nSPS) is 10.7. The van der Waals surface area contributed by atoms with E-state index in [1.807, 2.05) is 20.1 Å². The molecule has 1 aromatic carbocycles. The Morgan fingerprint density at radius 2 is 2.25 bits per heavy atom. The number of urea groups is 1. The molecule has 0 saturated carbocycles. The third-order valence-corrected chi connectivity index (χ3v) is 3.60. The van der Waals surface area contributed by atoms with Gasteiger partial charge in [-0.25, -0.2) is 4.79 Å². The molecule has 7 nitrogen and oxygen atoms in total. The van der Waals surface area contributed by atoms with Gasteiger partial charge in [0.1, 0.15) is 0 Å². The van der Waals surface area contributed by atoms with Gasteiger partial charge in [0, 0.05) is 0 Å². The van der Waals surface area contributed by atoms with Crippen LogP contribution in [0.4, 0.5) is 10.5 Å². The highest BCUT2D eigenvalue weighted by Crippen LogP contribution is 2.33. The molecule has 2 amide bonds. The highest BCUT2D eigenvalue weighted by Gasteiger charge is 2.13. The molecule has 0 atom stereocenters. The molecule has 0 aliphatic heterocycles. The summed E-state index contributed by atoms with van der Waals surface area (Å²) in [6.45, 7) is 3.90. The number of halogens is 1. The van der Waals surface area contributed by atoms with Gasteiger partial charge in [0.15, 0.2) is 11.6 Å². The summed E-state index contributed by atoms with van der Waals surface area (Å²) in [4.78, 5) is 16.2. The Labute approximate surface area is 149 Å². The van der Waals surface area contributed by atoms with Crippen LogP contribution in [0.2, 0.25) is 5.02 Å². The Bertz CT molecular complexity index is 693. The number of ether oxygens (including phenoxy) is 1. The van der Waals surface area contributed by atoms with Crippen LogP contribution in [0.1, 0.15) is 25.6 Å². The third kappa shape index (κ3) is 5.31. The molecule has 0 spiro atoms. The van der Waals surface area contributed by atoms with E-state index in [0.717, 1.165) is 0 Å². The zero-order chi connectivity index (χ0) is 17.5. The molecule has 1 aromatic heterocycles. The quantitative estimate of drug-likeness (QED) is 0.772. The molecule has 9 heteroatoms. The predicted octanol–water partition coefficient (Wildman–Crippen LogP) is 3.69. The highest BCUT2D eigenvalue weighted by atomic mass is 35.5. The number of anilines is 1. The van der Waals surface area contributed by atoms with Crippen molar-refractivity contribution >= 4 is 35.1 Å². The van der Waals surface area contributed by atoms with Gasteiger partial charge in [-0.3, -0.25) is 0 Å². The molecule has 2 rings (SSSR count). The molecule has 0 bridgehead atoms. The molecular formula is C15H19ClN4O3S. The minimum Gasteiger partial charge on any atom is -0.487 e. The van der Waals surface area contributed by atoms with Crippen LogP contribution in [0, 0.1) is 0 Å². The Hall–Kier alpha value is -1.93. The maximum atomic E-state index is 12.1. The molecule has 2 N–H and O–H groups in total. The lowest BCUT2D eigenvalue weighted by Gasteiger charge is -2.16. The van der Waals surface area contributed by atoms with Gasteiger partial charge in [-0.05, 0) is 32.2 Å². The van der Waals surface area contributed by atoms with Gasteiger partial charge in [-0.1, -0.05) is 22.8 Å². The van der Waals surface area contributed by atoms with Crippen molar-refractivity contribution in [2.75, 3.05) is 11.6 Å². The van der Waals surface area contributed by atoms with E-state index in [4.69, 9.17) is 20.9 Å². The van der Waals surface area contributed by atoms with Gasteiger partial charge in [-0.2, -0.15) is 16.7 Å². The second-order valence-electron chi connectivity index (χ2n) is 5.13. The fourth-order valence-electron chi connectivity index (χ4n) is 1.83. The van der Waals surface area contributed by atoms with E-state index < -0.39 is 6.03 Å². The topological polar surface area (TPSA) is 89.3 Å². The molecular weight excluding hydrogens is 352 g/mol. The van der Waals surface area contributed by atoms with Gasteiger partial charge >= 0.3 is 6.03 Å². The number of aromatic nitrogens is 2. The number of carbonyl (C=O) groups is 1. The molecule has 0 radical (unpaired) electrons. The predicted molar refractivity (Wildman–Crippen MR) is 94.6 cm³/mol. The number of nitrogens with zero attached hydrogens (tertiary/aromatic N) is 2. The smallest absolute Gasteiger partial charge is 0.319 e. The van der Waals surface area contributed by atoms with Crippen molar-refractivity contribution in [3.63, 3.8) is 0 Å². The lowest BCUT2D eigenvalue weighted by Crippen LogP contribution is -2.28. The molecule has 130 valence electrons. The number of rotatable bonds is 7. The molecule has 2 aromatic rings. The second-order valence-corrected chi connectivity index (χ2v) is 6.40. The van der Waals surface area contributed by atoms with Crippen LogP contribution in [0.25, 0.3) is 0 Å². The first-order chi connectivity index (χ1) is 11.5. The molecule has 0 aliphatic rings. The van der Waals surface area contributed by atoms with Crippen LogP contribution in [0.15, 0.2) is 22.7 Å². The summed E-state index contributed by atoms with van der Waals surface area (Å²) in [7, 11) is 0. The number of hydrogen-bond donors (Lipinski definition) is 2. The first kappa shape index (κ1) is 18.4. The largest absolute Gasteiger partial charge is 0.487 e. The Balaban J connectivity index is 1.95. The van der Waals surface area contributed by atoms with Crippen molar-refractivity contribution in [3.05, 3.63) is 34.9 Å². The number of nitrogens with one attached hydrogen (secondary N) is 2. The van der Waals surface area contributed by atoms with Gasteiger partial charge in [0.2, 0.25) is 5.89 Å². The fraction of sp³-hybridized carbons (Fsp3) is 0.400. The summed E-state index contributed by atoms with van der Waals surface area (Å²) in [6, 6.07) is 4.73. The summed E-state index contributed by atoms with van der Waals surface area (Å²) >= 11 is 7.72. The van der Waals surface area contributed by atoms with Gasteiger partial charge in [0.25, 0.3) is 0 Å². The highest BCUT2D eigenvalue weighted by molar-refractivity contribution is 7.97. The first-order valence-electron chi connectivity index (χ1n) is 7.30. The third-order valence-electron chi connectivity index (χ3n) is 2.75. The second kappa shape index (κ2) is 8.79. The average molecular weight is 371 g/mol. The van der Waals surface area contributed by atoms with Crippen LogP contribution in [0.3, 0.4) is 0 Å². The van der Waals surface area contributed by atoms with E-state index in [2.05, 4.69) is 20.8 Å². The van der Waals surface area contributed by atoms with Crippen molar-refractivity contribution in [3.8, 4) is 5.75 Å². The Morgan fingerprint density at radius 3 is 2.96 bits per heavy atom. The van der Waals surface area contributed by atoms with Crippen molar-refractivity contribution < 1.29 is 14.1 Å². The summed E-state index contributed by atoms with van der Waals surface area (Å²) < 4.78 is 10.7. The molecule has 1 heterocycles. The number of amides is 2. The zero-order valence-electron chi connectivity index (χ0n) is 13.6. The maximum Gasteiger partial charge on any atom is 0.319 e. The SMILES string of the molecule is CSCc1noc(CNC(=O)Nc2cccc(Cl)c2OC(C)C)n1. The average Bonchev–Trinajstić information content (AvgIpc) is 2.96. The molecule has 0 saturated heterocycles. The number of hydrogen-bond acceptors (Lipinski definition) is 6. The summed E-state index contributed by atoms with van der Waals surface area (Å²) in [5.74, 6) is 2.04. The monoisotopic (exact) mass is 370 g/mol. The maximum absolute atomic E-state index is 12.1. The van der Waals surface area contributed by atoms with E-state index in [9.17, 15) is 4.79 Å². The van der Waals surface area contributed by atoms with Crippen molar-refractivity contribution in [1.82, 2.24) is 15.5 Å². The van der Waals surface area contributed by atoms with Crippen molar-refractivity contribution in [1.29, 1.82) is 0 Å². The molecule has 0 unspecified atom stereocenters. The molecule has 0 fully saturated rings. The van der Waals surface area contributed by atoms with E-state index >= 15 is 0 Å². The van der Waals surface area contributed by atoms with E-state index in [1.54, 1.807) is 30.0 Å². The van der Waals surface area contributed by atoms with Gasteiger partial charge < -0.3 is 19.9 Å². The van der Waals surface area contributed by atoms with Gasteiger partial charge in [-0.15, -0.1) is 0 Å². The lowest BCUT2D eigenvalue weighted by atomic mass is 10.3. The number of carbonyl (C=O) groups excluding carboxylic acids is 1.